The van der Waals surface area contributed by atoms with E-state index in [0.717, 1.165) is 37.3 Å². The van der Waals surface area contributed by atoms with Gasteiger partial charge >= 0.3 is 0 Å². The van der Waals surface area contributed by atoms with Crippen molar-refractivity contribution in [2.24, 2.45) is 18.9 Å². The average molecular weight is 320 g/mol. The van der Waals surface area contributed by atoms with Gasteiger partial charge in [0, 0.05) is 38.6 Å². The zero-order valence-electron chi connectivity index (χ0n) is 13.7. The molecule has 0 aliphatic carbocycles. The largest absolute Gasteiger partial charge is 0.396 e. The number of nitrogens with one attached hydrogen (secondary N) is 1. The molecule has 3 aliphatic rings. The van der Waals surface area contributed by atoms with Gasteiger partial charge in [-0.25, -0.2) is 0 Å². The first-order valence-electron chi connectivity index (χ1n) is 8.32. The number of anilines is 1. The Morgan fingerprint density at radius 3 is 3.13 bits per heavy atom. The lowest BCUT2D eigenvalue weighted by atomic mass is 9.74. The lowest BCUT2D eigenvalue weighted by molar-refractivity contribution is -0.117. The monoisotopic (exact) mass is 320 g/mol. The maximum atomic E-state index is 12.3. The van der Waals surface area contributed by atoms with Gasteiger partial charge in [-0.2, -0.15) is 5.10 Å². The van der Waals surface area contributed by atoms with E-state index < -0.39 is 0 Å². The van der Waals surface area contributed by atoms with Gasteiger partial charge in [0.2, 0.25) is 5.91 Å². The van der Waals surface area contributed by atoms with Gasteiger partial charge in [0.25, 0.3) is 0 Å². The third-order valence-electron chi connectivity index (χ3n) is 5.94. The molecule has 1 aromatic heterocycles. The third-order valence-corrected chi connectivity index (χ3v) is 5.94. The smallest absolute Gasteiger partial charge is 0.238 e. The molecule has 2 N–H and O–H groups in total. The molecule has 4 rings (SSSR count). The molecule has 0 saturated carbocycles. The minimum Gasteiger partial charge on any atom is -0.396 e. The maximum Gasteiger partial charge on any atom is 0.238 e. The molecule has 3 fully saturated rings. The highest BCUT2D eigenvalue weighted by Gasteiger charge is 2.62. The highest BCUT2D eigenvalue weighted by atomic mass is 16.5. The van der Waals surface area contributed by atoms with Crippen LogP contribution in [0.4, 0.5) is 5.69 Å². The number of aliphatic hydroxyl groups is 1. The summed E-state index contributed by atoms with van der Waals surface area (Å²) in [5, 5.41) is 16.7. The Labute approximate surface area is 135 Å². The van der Waals surface area contributed by atoms with Crippen LogP contribution in [-0.2, 0) is 16.6 Å². The lowest BCUT2D eigenvalue weighted by Gasteiger charge is -2.28. The van der Waals surface area contributed by atoms with Crippen LogP contribution in [0.3, 0.4) is 0 Å². The van der Waals surface area contributed by atoms with E-state index in [1.54, 1.807) is 10.9 Å². The fourth-order valence-corrected chi connectivity index (χ4v) is 4.67. The van der Waals surface area contributed by atoms with Crippen molar-refractivity contribution in [1.82, 2.24) is 14.7 Å². The van der Waals surface area contributed by atoms with Crippen LogP contribution in [0.2, 0.25) is 0 Å². The Kier molecular flexibility index (Phi) is 3.48. The average Bonchev–Trinajstić information content (AvgIpc) is 3.22. The quantitative estimate of drug-likeness (QED) is 0.825. The van der Waals surface area contributed by atoms with Crippen molar-refractivity contribution in [1.29, 1.82) is 0 Å². The van der Waals surface area contributed by atoms with Gasteiger partial charge in [0.05, 0.1) is 35.8 Å². The van der Waals surface area contributed by atoms with Gasteiger partial charge in [-0.05, 0) is 19.8 Å². The molecule has 3 aliphatic heterocycles. The fraction of sp³-hybridized carbons (Fsp3) is 0.750. The van der Waals surface area contributed by atoms with E-state index in [2.05, 4.69) is 15.3 Å². The first-order valence-corrected chi connectivity index (χ1v) is 8.32. The summed E-state index contributed by atoms with van der Waals surface area (Å²) in [7, 11) is 1.86. The first-order chi connectivity index (χ1) is 11.0. The molecule has 1 aromatic rings. The molecule has 7 heteroatoms. The van der Waals surface area contributed by atoms with Gasteiger partial charge in [-0.3, -0.25) is 14.4 Å². The number of carbonyl (C=O) groups is 1. The molecule has 2 bridgehead atoms. The minimum atomic E-state index is -0.122. The zero-order chi connectivity index (χ0) is 16.2. The van der Waals surface area contributed by atoms with Crippen molar-refractivity contribution < 1.29 is 14.6 Å². The van der Waals surface area contributed by atoms with Crippen molar-refractivity contribution in [3.63, 3.8) is 0 Å². The zero-order valence-corrected chi connectivity index (χ0v) is 13.7. The molecule has 23 heavy (non-hydrogen) atoms. The van der Waals surface area contributed by atoms with Gasteiger partial charge in [0.15, 0.2) is 0 Å². The summed E-state index contributed by atoms with van der Waals surface area (Å²) in [6.45, 7) is 4.11. The van der Waals surface area contributed by atoms with Crippen LogP contribution in [0.25, 0.3) is 0 Å². The summed E-state index contributed by atoms with van der Waals surface area (Å²) in [5.74, 6) is 0.573. The standard InChI is InChI=1S/C16H24N4O3/c1-10-13(5-17-19(10)2)18-15(22)7-20-6-12-11(8-21)14-3-4-16(12,9-20)23-14/h5,11-12,14,21H,3-4,6-9H2,1-2H3,(H,18,22)/t11-,12+,14+,16+/m1/s1. The topological polar surface area (TPSA) is 79.6 Å². The molecule has 126 valence electrons. The number of ether oxygens (including phenoxy) is 1. The summed E-state index contributed by atoms with van der Waals surface area (Å²) in [6, 6.07) is 0. The molecule has 4 heterocycles. The minimum absolute atomic E-state index is 0.0208. The van der Waals surface area contributed by atoms with Crippen LogP contribution in [0.15, 0.2) is 6.20 Å². The molecule has 1 amide bonds. The number of carbonyl (C=O) groups excluding carboxylic acids is 1. The normalized spacial score (nSPS) is 35.7. The van der Waals surface area contributed by atoms with Crippen molar-refractivity contribution in [2.45, 2.75) is 31.5 Å². The maximum absolute atomic E-state index is 12.3. The molecular formula is C16H24N4O3. The number of aryl methyl sites for hydroxylation is 1. The van der Waals surface area contributed by atoms with E-state index in [0.29, 0.717) is 12.5 Å². The second kappa shape index (κ2) is 5.29. The molecule has 0 aromatic carbocycles. The molecular weight excluding hydrogens is 296 g/mol. The van der Waals surface area contributed by atoms with E-state index in [4.69, 9.17) is 4.74 Å². The lowest BCUT2D eigenvalue weighted by Crippen LogP contribution is -2.38. The summed E-state index contributed by atoms with van der Waals surface area (Å²) in [6.07, 6.45) is 3.99. The summed E-state index contributed by atoms with van der Waals surface area (Å²) >= 11 is 0. The number of nitrogens with zero attached hydrogens (tertiary/aromatic N) is 3. The van der Waals surface area contributed by atoms with Crippen molar-refractivity contribution >= 4 is 11.6 Å². The Morgan fingerprint density at radius 2 is 2.43 bits per heavy atom. The Bertz CT molecular complexity index is 631. The predicted molar refractivity (Wildman–Crippen MR) is 83.9 cm³/mol. The van der Waals surface area contributed by atoms with Gasteiger partial charge in [-0.1, -0.05) is 0 Å². The highest BCUT2D eigenvalue weighted by Crippen LogP contribution is 2.54. The number of hydrogen-bond donors (Lipinski definition) is 2. The highest BCUT2D eigenvalue weighted by molar-refractivity contribution is 5.92. The molecule has 3 saturated heterocycles. The van der Waals surface area contributed by atoms with Crippen molar-refractivity contribution in [3.05, 3.63) is 11.9 Å². The van der Waals surface area contributed by atoms with Crippen LogP contribution in [0.1, 0.15) is 18.5 Å². The molecule has 4 atom stereocenters. The van der Waals surface area contributed by atoms with Crippen molar-refractivity contribution in [2.75, 3.05) is 31.6 Å². The Hall–Kier alpha value is -1.44. The van der Waals surface area contributed by atoms with Gasteiger partial charge < -0.3 is 15.2 Å². The van der Waals surface area contributed by atoms with E-state index >= 15 is 0 Å². The summed E-state index contributed by atoms with van der Waals surface area (Å²) in [5.41, 5.74) is 1.58. The van der Waals surface area contributed by atoms with E-state index in [1.807, 2.05) is 14.0 Å². The Balaban J connectivity index is 1.39. The van der Waals surface area contributed by atoms with Crippen LogP contribution in [0, 0.1) is 18.8 Å². The first kappa shape index (κ1) is 15.1. The number of likely N-dealkylation sites (tertiary alicyclic amines) is 1. The second-order valence-electron chi connectivity index (χ2n) is 7.20. The number of hydrogen-bond acceptors (Lipinski definition) is 5. The third kappa shape index (κ3) is 2.29. The van der Waals surface area contributed by atoms with Gasteiger partial charge in [-0.15, -0.1) is 0 Å². The molecule has 7 nitrogen and oxygen atoms in total. The van der Waals surface area contributed by atoms with Crippen LogP contribution in [-0.4, -0.2) is 63.6 Å². The Morgan fingerprint density at radius 1 is 1.61 bits per heavy atom. The number of rotatable bonds is 4. The molecule has 0 unspecified atom stereocenters. The number of fused-ring (bicyclic) bond motifs is 1. The molecule has 1 spiro atoms. The summed E-state index contributed by atoms with van der Waals surface area (Å²) < 4.78 is 7.94. The van der Waals surface area contributed by atoms with Gasteiger partial charge in [0.1, 0.15) is 0 Å². The number of aromatic nitrogens is 2. The van der Waals surface area contributed by atoms with Crippen LogP contribution in [0.5, 0.6) is 0 Å². The van der Waals surface area contributed by atoms with E-state index in [1.165, 1.54) is 0 Å². The fourth-order valence-electron chi connectivity index (χ4n) is 4.67. The van der Waals surface area contributed by atoms with Crippen LogP contribution >= 0.6 is 0 Å². The molecule has 0 radical (unpaired) electrons. The number of aliphatic hydroxyl groups excluding tert-OH is 1. The van der Waals surface area contributed by atoms with Crippen molar-refractivity contribution in [3.8, 4) is 0 Å². The predicted octanol–water partition coefficient (Wildman–Crippen LogP) is 0.139. The SMILES string of the molecule is Cc1c(NC(=O)CN2C[C@H]3[C@@H](CO)[C@@H]4CC[C@@]3(C2)O4)cnn1C. The van der Waals surface area contributed by atoms with Crippen LogP contribution < -0.4 is 5.32 Å². The summed E-state index contributed by atoms with van der Waals surface area (Å²) in [4.78, 5) is 14.5. The number of amides is 1. The van der Waals surface area contributed by atoms with E-state index in [9.17, 15) is 9.90 Å². The van der Waals surface area contributed by atoms with E-state index in [-0.39, 0.29) is 30.1 Å². The second-order valence-corrected chi connectivity index (χ2v) is 7.20.